The van der Waals surface area contributed by atoms with Crippen molar-refractivity contribution in [2.45, 2.75) is 33.2 Å². The maximum Gasteiger partial charge on any atom is 0.338 e. The first-order valence-electron chi connectivity index (χ1n) is 11.7. The Morgan fingerprint density at radius 3 is 2.49 bits per heavy atom. The van der Waals surface area contributed by atoms with Crippen LogP contribution in [0.15, 0.2) is 75.7 Å². The van der Waals surface area contributed by atoms with Gasteiger partial charge in [0, 0.05) is 12.1 Å². The molecule has 1 atom stereocenters. The smallest absolute Gasteiger partial charge is 0.338 e. The van der Waals surface area contributed by atoms with Crippen molar-refractivity contribution in [2.24, 2.45) is 4.99 Å². The predicted octanol–water partition coefficient (Wildman–Crippen LogP) is 2.93. The summed E-state index contributed by atoms with van der Waals surface area (Å²) in [5, 5.41) is 0. The molecule has 3 aromatic rings. The Bertz CT molecular complexity index is 1550. The van der Waals surface area contributed by atoms with Crippen molar-refractivity contribution in [1.82, 2.24) is 4.57 Å². The molecule has 5 rings (SSSR count). The second-order valence-electron chi connectivity index (χ2n) is 8.38. The summed E-state index contributed by atoms with van der Waals surface area (Å²) in [5.74, 6) is -0.687. The minimum atomic E-state index is -0.695. The van der Waals surface area contributed by atoms with E-state index in [-0.39, 0.29) is 18.1 Å². The summed E-state index contributed by atoms with van der Waals surface area (Å²) in [6.45, 7) is 6.29. The highest BCUT2D eigenvalue weighted by Gasteiger charge is 2.37. The summed E-state index contributed by atoms with van der Waals surface area (Å²) in [6.07, 6.45) is 0.796. The van der Waals surface area contributed by atoms with Crippen LogP contribution in [0, 0.1) is 0 Å². The third-order valence-electron chi connectivity index (χ3n) is 6.21. The summed E-state index contributed by atoms with van der Waals surface area (Å²) < 4.78 is 7.19. The monoisotopic (exact) mass is 487 g/mol. The van der Waals surface area contributed by atoms with Gasteiger partial charge in [0.15, 0.2) is 4.80 Å². The Kier molecular flexibility index (Phi) is 5.98. The van der Waals surface area contributed by atoms with Crippen LogP contribution in [-0.2, 0) is 14.3 Å². The molecule has 0 radical (unpaired) electrons. The van der Waals surface area contributed by atoms with E-state index in [4.69, 9.17) is 4.74 Å². The Balaban J connectivity index is 1.81. The lowest BCUT2D eigenvalue weighted by Crippen LogP contribution is -2.41. The molecule has 7 nitrogen and oxygen atoms in total. The van der Waals surface area contributed by atoms with Gasteiger partial charge in [-0.25, -0.2) is 9.79 Å². The molecule has 0 aliphatic carbocycles. The van der Waals surface area contributed by atoms with Crippen LogP contribution in [0.1, 0.15) is 44.4 Å². The number of fused-ring (bicyclic) bond motifs is 2. The topological polar surface area (TPSA) is 81.0 Å². The largest absolute Gasteiger partial charge is 0.463 e. The molecule has 2 aromatic carbocycles. The van der Waals surface area contributed by atoms with Crippen LogP contribution in [0.4, 0.5) is 5.69 Å². The Morgan fingerprint density at radius 1 is 1.06 bits per heavy atom. The van der Waals surface area contributed by atoms with Crippen LogP contribution in [0.5, 0.6) is 0 Å². The molecule has 0 fully saturated rings. The van der Waals surface area contributed by atoms with Crippen molar-refractivity contribution in [3.8, 4) is 0 Å². The predicted molar refractivity (Wildman–Crippen MR) is 135 cm³/mol. The molecule has 0 N–H and O–H groups in total. The number of carbonyl (C=O) groups excluding carboxylic acids is 2. The van der Waals surface area contributed by atoms with E-state index in [0.717, 1.165) is 23.2 Å². The zero-order valence-corrected chi connectivity index (χ0v) is 20.6. The number of amides is 1. The average molecular weight is 488 g/mol. The molecule has 0 saturated carbocycles. The zero-order chi connectivity index (χ0) is 24.7. The van der Waals surface area contributed by atoms with Crippen LogP contribution < -0.4 is 19.8 Å². The minimum absolute atomic E-state index is 0.184. The second-order valence-corrected chi connectivity index (χ2v) is 9.36. The van der Waals surface area contributed by atoms with Gasteiger partial charge in [0.05, 0.1) is 35.2 Å². The molecule has 35 heavy (non-hydrogen) atoms. The van der Waals surface area contributed by atoms with Crippen LogP contribution in [-0.4, -0.2) is 29.6 Å². The summed E-state index contributed by atoms with van der Waals surface area (Å²) in [4.78, 5) is 47.3. The molecule has 3 heterocycles. The standard InChI is InChI=1S/C27H25N3O4S/c1-4-15-29-19-14-10-9-13-18(19)21(24(29)31)23-25(32)30-22(17-11-7-6-8-12-17)20(26(33)34-5-2)16(3)28-27(30)35-23/h6-14,22H,4-5,15H2,1-3H3/b23-21-/t22-/m1/s1. The van der Waals surface area contributed by atoms with E-state index in [1.807, 2.05) is 61.5 Å². The van der Waals surface area contributed by atoms with Crippen molar-refractivity contribution in [3.05, 3.63) is 96.7 Å². The molecular weight excluding hydrogens is 462 g/mol. The van der Waals surface area contributed by atoms with Gasteiger partial charge in [0.2, 0.25) is 0 Å². The highest BCUT2D eigenvalue weighted by molar-refractivity contribution is 7.07. The molecule has 0 saturated heterocycles. The van der Waals surface area contributed by atoms with E-state index in [2.05, 4.69) is 4.99 Å². The third-order valence-corrected chi connectivity index (χ3v) is 7.26. The Hall–Kier alpha value is -3.78. The lowest BCUT2D eigenvalue weighted by Gasteiger charge is -2.24. The van der Waals surface area contributed by atoms with Gasteiger partial charge in [0.25, 0.3) is 11.5 Å². The van der Waals surface area contributed by atoms with Gasteiger partial charge in [-0.3, -0.25) is 14.2 Å². The van der Waals surface area contributed by atoms with Gasteiger partial charge in [-0.1, -0.05) is 66.8 Å². The molecule has 0 spiro atoms. The van der Waals surface area contributed by atoms with Crippen molar-refractivity contribution in [3.63, 3.8) is 0 Å². The van der Waals surface area contributed by atoms with Crippen molar-refractivity contribution < 1.29 is 14.3 Å². The number of thiazole rings is 1. The zero-order valence-electron chi connectivity index (χ0n) is 19.8. The Labute approximate surface area is 206 Å². The van der Waals surface area contributed by atoms with Gasteiger partial charge in [-0.15, -0.1) is 0 Å². The first kappa shape index (κ1) is 23.0. The van der Waals surface area contributed by atoms with Crippen molar-refractivity contribution >= 4 is 34.5 Å². The number of hydrogen-bond acceptors (Lipinski definition) is 6. The summed E-state index contributed by atoms with van der Waals surface area (Å²) in [5.41, 5.74) is 3.20. The first-order chi connectivity index (χ1) is 17.0. The summed E-state index contributed by atoms with van der Waals surface area (Å²) in [7, 11) is 0. The van der Waals surface area contributed by atoms with Gasteiger partial charge < -0.3 is 9.64 Å². The Morgan fingerprint density at radius 2 is 1.77 bits per heavy atom. The normalized spacial score (nSPS) is 18.3. The summed E-state index contributed by atoms with van der Waals surface area (Å²) >= 11 is 1.19. The number of aromatic nitrogens is 1. The number of esters is 1. The number of rotatable bonds is 5. The quantitative estimate of drug-likeness (QED) is 0.519. The number of benzene rings is 2. The fourth-order valence-corrected chi connectivity index (χ4v) is 5.87. The van der Waals surface area contributed by atoms with E-state index in [1.54, 1.807) is 18.7 Å². The molecule has 1 amide bonds. The van der Waals surface area contributed by atoms with Crippen molar-refractivity contribution in [1.29, 1.82) is 0 Å². The number of allylic oxidation sites excluding steroid dienone is 1. The van der Waals surface area contributed by atoms with Gasteiger partial charge >= 0.3 is 5.97 Å². The second kappa shape index (κ2) is 9.11. The molecule has 2 aliphatic rings. The van der Waals surface area contributed by atoms with Gasteiger partial charge in [-0.2, -0.15) is 0 Å². The third kappa shape index (κ3) is 3.65. The number of ether oxygens (including phenoxy) is 1. The van der Waals surface area contributed by atoms with E-state index in [9.17, 15) is 14.4 Å². The number of para-hydroxylation sites is 1. The molecule has 0 unspecified atom stereocenters. The van der Waals surface area contributed by atoms with Crippen LogP contribution in [0.3, 0.4) is 0 Å². The maximum atomic E-state index is 14.0. The lowest BCUT2D eigenvalue weighted by molar-refractivity contribution is -0.139. The van der Waals surface area contributed by atoms with E-state index in [0.29, 0.717) is 32.7 Å². The highest BCUT2D eigenvalue weighted by Crippen LogP contribution is 2.35. The molecule has 178 valence electrons. The molecule has 1 aromatic heterocycles. The van der Waals surface area contributed by atoms with Crippen LogP contribution >= 0.6 is 11.3 Å². The number of hydrogen-bond donors (Lipinski definition) is 0. The van der Waals surface area contributed by atoms with Crippen molar-refractivity contribution in [2.75, 3.05) is 18.1 Å². The number of nitrogens with zero attached hydrogens (tertiary/aromatic N) is 3. The van der Waals surface area contributed by atoms with E-state index >= 15 is 0 Å². The van der Waals surface area contributed by atoms with E-state index < -0.39 is 12.0 Å². The number of anilines is 1. The first-order valence-corrected chi connectivity index (χ1v) is 12.5. The van der Waals surface area contributed by atoms with Gasteiger partial charge in [0.1, 0.15) is 4.53 Å². The molecule has 2 aliphatic heterocycles. The van der Waals surface area contributed by atoms with Gasteiger partial charge in [-0.05, 0) is 31.9 Å². The molecule has 8 heteroatoms. The average Bonchev–Trinajstić information content (AvgIpc) is 3.32. The van der Waals surface area contributed by atoms with Crippen LogP contribution in [0.2, 0.25) is 0 Å². The SMILES string of the molecule is CCCN1C(=O)/C(=c2\sc3n(c2=O)[C@H](c2ccccc2)C(C(=O)OCC)=C(C)N=3)c2ccccc21. The lowest BCUT2D eigenvalue weighted by atomic mass is 9.96. The highest BCUT2D eigenvalue weighted by atomic mass is 32.1. The number of carbonyl (C=O) groups is 2. The fourth-order valence-electron chi connectivity index (χ4n) is 4.74. The summed E-state index contributed by atoms with van der Waals surface area (Å²) in [6, 6.07) is 16.2. The maximum absolute atomic E-state index is 14.0. The minimum Gasteiger partial charge on any atom is -0.463 e. The molecular formula is C27H25N3O4S. The van der Waals surface area contributed by atoms with E-state index in [1.165, 1.54) is 15.9 Å². The van der Waals surface area contributed by atoms with Crippen LogP contribution in [0.25, 0.3) is 5.57 Å². The fraction of sp³-hybridized carbons (Fsp3) is 0.259. The molecule has 0 bridgehead atoms.